The molecule has 0 aliphatic rings. The third kappa shape index (κ3) is 7.63. The van der Waals surface area contributed by atoms with Crippen molar-refractivity contribution in [3.63, 3.8) is 0 Å². The third-order valence-electron chi connectivity index (χ3n) is 2.70. The molecule has 0 saturated heterocycles. The van der Waals surface area contributed by atoms with E-state index in [4.69, 9.17) is 9.84 Å². The summed E-state index contributed by atoms with van der Waals surface area (Å²) in [6, 6.07) is -0.260. The fourth-order valence-electron chi connectivity index (χ4n) is 1.54. The van der Waals surface area contributed by atoms with Crippen LogP contribution < -0.4 is 5.32 Å². The van der Waals surface area contributed by atoms with Gasteiger partial charge in [0.15, 0.2) is 6.10 Å². The van der Waals surface area contributed by atoms with Crippen LogP contribution in [0.5, 0.6) is 0 Å². The van der Waals surface area contributed by atoms with Crippen LogP contribution in [-0.2, 0) is 9.53 Å². The molecule has 0 bridgehead atoms. The highest BCUT2D eigenvalue weighted by molar-refractivity contribution is 5.76. The van der Waals surface area contributed by atoms with Crippen LogP contribution in [0.1, 0.15) is 13.3 Å². The fourth-order valence-corrected chi connectivity index (χ4v) is 1.54. The van der Waals surface area contributed by atoms with E-state index in [2.05, 4.69) is 10.2 Å². The Bertz CT molecular complexity index is 284. The predicted molar refractivity (Wildman–Crippen MR) is 72.2 cm³/mol. The van der Waals surface area contributed by atoms with Crippen LogP contribution in [0.15, 0.2) is 0 Å². The number of nitrogens with zero attached hydrogens (tertiary/aromatic N) is 2. The normalized spacial score (nSPS) is 12.3. The van der Waals surface area contributed by atoms with Gasteiger partial charge in [-0.3, -0.25) is 0 Å². The third-order valence-corrected chi connectivity index (χ3v) is 2.70. The standard InChI is InChI=1S/C12H25N3O4/c1-5-15(8-6-7-14(2)3)12(18)13-9-10(19-4)11(16)17/h10H,5-9H2,1-4H3,(H,13,18)(H,16,17). The minimum atomic E-state index is -1.08. The van der Waals surface area contributed by atoms with Gasteiger partial charge in [0.1, 0.15) is 0 Å². The van der Waals surface area contributed by atoms with Gasteiger partial charge in [0.2, 0.25) is 0 Å². The van der Waals surface area contributed by atoms with E-state index in [1.165, 1.54) is 7.11 Å². The van der Waals surface area contributed by atoms with Gasteiger partial charge >= 0.3 is 12.0 Å². The molecule has 7 heteroatoms. The average Bonchev–Trinajstić information content (AvgIpc) is 2.34. The van der Waals surface area contributed by atoms with Crippen molar-refractivity contribution in [1.29, 1.82) is 0 Å². The van der Waals surface area contributed by atoms with Crippen molar-refractivity contribution in [2.75, 3.05) is 47.4 Å². The molecule has 0 fully saturated rings. The lowest BCUT2D eigenvalue weighted by Crippen LogP contribution is -2.45. The summed E-state index contributed by atoms with van der Waals surface area (Å²) < 4.78 is 4.75. The summed E-state index contributed by atoms with van der Waals surface area (Å²) in [5.41, 5.74) is 0. The second-order valence-electron chi connectivity index (χ2n) is 4.49. The monoisotopic (exact) mass is 275 g/mol. The van der Waals surface area contributed by atoms with Gasteiger partial charge in [-0.2, -0.15) is 0 Å². The Morgan fingerprint density at radius 2 is 1.95 bits per heavy atom. The first kappa shape index (κ1) is 17.7. The van der Waals surface area contributed by atoms with Crippen LogP contribution in [0.3, 0.4) is 0 Å². The molecule has 0 saturated carbocycles. The number of carbonyl (C=O) groups is 2. The summed E-state index contributed by atoms with van der Waals surface area (Å²) in [5.74, 6) is -1.08. The van der Waals surface area contributed by atoms with Gasteiger partial charge in [0.05, 0.1) is 6.54 Å². The Hall–Kier alpha value is -1.34. The van der Waals surface area contributed by atoms with Crippen LogP contribution in [0.2, 0.25) is 0 Å². The zero-order valence-corrected chi connectivity index (χ0v) is 12.2. The average molecular weight is 275 g/mol. The van der Waals surface area contributed by atoms with E-state index in [-0.39, 0.29) is 12.6 Å². The van der Waals surface area contributed by atoms with E-state index in [0.29, 0.717) is 13.1 Å². The number of rotatable bonds is 9. The first-order chi connectivity index (χ1) is 8.92. The van der Waals surface area contributed by atoms with Crippen LogP contribution in [-0.4, -0.2) is 80.4 Å². The number of ether oxygens (including phenoxy) is 1. The number of carboxylic acid groups (broad SMARTS) is 1. The summed E-state index contributed by atoms with van der Waals surface area (Å²) in [5, 5.41) is 11.4. The lowest BCUT2D eigenvalue weighted by atomic mass is 10.3. The zero-order chi connectivity index (χ0) is 14.8. The number of methoxy groups -OCH3 is 1. The Labute approximate surface area is 114 Å². The van der Waals surface area contributed by atoms with Crippen molar-refractivity contribution in [1.82, 2.24) is 15.1 Å². The maximum absolute atomic E-state index is 11.8. The van der Waals surface area contributed by atoms with Crippen molar-refractivity contribution in [3.05, 3.63) is 0 Å². The van der Waals surface area contributed by atoms with Gasteiger partial charge in [-0.1, -0.05) is 0 Å². The summed E-state index contributed by atoms with van der Waals surface area (Å²) in [6.07, 6.45) is -0.134. The molecule has 0 aromatic heterocycles. The Balaban J connectivity index is 4.10. The summed E-state index contributed by atoms with van der Waals surface area (Å²) in [7, 11) is 5.26. The smallest absolute Gasteiger partial charge is 0.334 e. The van der Waals surface area contributed by atoms with E-state index < -0.39 is 12.1 Å². The molecule has 0 aromatic carbocycles. The van der Waals surface area contributed by atoms with Gasteiger partial charge in [-0.05, 0) is 34.0 Å². The molecule has 0 spiro atoms. The second kappa shape index (κ2) is 9.57. The summed E-state index contributed by atoms with van der Waals surface area (Å²) in [6.45, 7) is 3.99. The maximum Gasteiger partial charge on any atom is 0.334 e. The van der Waals surface area contributed by atoms with Gasteiger partial charge in [0.25, 0.3) is 0 Å². The number of carboxylic acids is 1. The summed E-state index contributed by atoms with van der Waals surface area (Å²) in [4.78, 5) is 26.3. The second-order valence-corrected chi connectivity index (χ2v) is 4.49. The molecular formula is C12H25N3O4. The molecule has 0 aromatic rings. The zero-order valence-electron chi connectivity index (χ0n) is 12.2. The Kier molecular flexibility index (Phi) is 8.90. The molecule has 0 rings (SSSR count). The number of urea groups is 1. The van der Waals surface area contributed by atoms with Crippen LogP contribution >= 0.6 is 0 Å². The molecule has 2 N–H and O–H groups in total. The highest BCUT2D eigenvalue weighted by atomic mass is 16.5. The SMILES string of the molecule is CCN(CCCN(C)C)C(=O)NCC(OC)C(=O)O. The Morgan fingerprint density at radius 3 is 2.37 bits per heavy atom. The van der Waals surface area contributed by atoms with Crippen LogP contribution in [0.25, 0.3) is 0 Å². The summed E-state index contributed by atoms with van der Waals surface area (Å²) >= 11 is 0. The number of hydrogen-bond donors (Lipinski definition) is 2. The molecule has 0 aliphatic heterocycles. The highest BCUT2D eigenvalue weighted by Crippen LogP contribution is 1.95. The van der Waals surface area contributed by atoms with E-state index in [0.717, 1.165) is 13.0 Å². The Morgan fingerprint density at radius 1 is 1.32 bits per heavy atom. The number of aliphatic carboxylic acids is 1. The van der Waals surface area contributed by atoms with E-state index in [9.17, 15) is 9.59 Å². The van der Waals surface area contributed by atoms with E-state index in [1.807, 2.05) is 21.0 Å². The quantitative estimate of drug-likeness (QED) is 0.622. The number of nitrogens with one attached hydrogen (secondary N) is 1. The number of amides is 2. The first-order valence-electron chi connectivity index (χ1n) is 6.35. The molecule has 0 heterocycles. The number of hydrogen-bond acceptors (Lipinski definition) is 4. The minimum Gasteiger partial charge on any atom is -0.479 e. The van der Waals surface area contributed by atoms with Crippen LogP contribution in [0.4, 0.5) is 4.79 Å². The van der Waals surface area contributed by atoms with Crippen LogP contribution in [0, 0.1) is 0 Å². The van der Waals surface area contributed by atoms with Crippen molar-refractivity contribution in [3.8, 4) is 0 Å². The topological polar surface area (TPSA) is 82.1 Å². The molecule has 0 radical (unpaired) electrons. The molecule has 0 aliphatic carbocycles. The molecule has 1 unspecified atom stereocenters. The molecule has 2 amide bonds. The van der Waals surface area contributed by atoms with Crippen molar-refractivity contribution < 1.29 is 19.4 Å². The van der Waals surface area contributed by atoms with Gasteiger partial charge < -0.3 is 25.0 Å². The molecule has 19 heavy (non-hydrogen) atoms. The lowest BCUT2D eigenvalue weighted by molar-refractivity contribution is -0.148. The van der Waals surface area contributed by atoms with Crippen molar-refractivity contribution in [2.45, 2.75) is 19.4 Å². The van der Waals surface area contributed by atoms with Gasteiger partial charge in [-0.25, -0.2) is 9.59 Å². The molecular weight excluding hydrogens is 250 g/mol. The van der Waals surface area contributed by atoms with Crippen molar-refractivity contribution >= 4 is 12.0 Å². The molecule has 1 atom stereocenters. The van der Waals surface area contributed by atoms with Gasteiger partial charge in [-0.15, -0.1) is 0 Å². The number of carbonyl (C=O) groups excluding carboxylic acids is 1. The van der Waals surface area contributed by atoms with E-state index in [1.54, 1.807) is 4.90 Å². The maximum atomic E-state index is 11.8. The fraction of sp³-hybridized carbons (Fsp3) is 0.833. The highest BCUT2D eigenvalue weighted by Gasteiger charge is 2.19. The van der Waals surface area contributed by atoms with Crippen molar-refractivity contribution in [2.24, 2.45) is 0 Å². The predicted octanol–water partition coefficient (Wildman–Crippen LogP) is 0.0692. The lowest BCUT2D eigenvalue weighted by Gasteiger charge is -2.23. The molecule has 112 valence electrons. The first-order valence-corrected chi connectivity index (χ1v) is 6.35. The minimum absolute atomic E-state index is 0.0329. The van der Waals surface area contributed by atoms with E-state index >= 15 is 0 Å². The van der Waals surface area contributed by atoms with Gasteiger partial charge in [0, 0.05) is 20.2 Å². The largest absolute Gasteiger partial charge is 0.479 e. The molecule has 7 nitrogen and oxygen atoms in total.